The molecule has 0 radical (unpaired) electrons. The molecule has 2 fully saturated rings. The molecular formula is C25H42N4O2. The van der Waals surface area contributed by atoms with Crippen LogP contribution in [0.4, 0.5) is 11.4 Å². The maximum atomic E-state index is 12.3. The quantitative estimate of drug-likeness (QED) is 0.493. The van der Waals surface area contributed by atoms with Gasteiger partial charge in [0.1, 0.15) is 0 Å². The molecule has 31 heavy (non-hydrogen) atoms. The molecule has 174 valence electrons. The van der Waals surface area contributed by atoms with Crippen LogP contribution in [0, 0.1) is 5.92 Å². The average Bonchev–Trinajstić information content (AvgIpc) is 2.70. The van der Waals surface area contributed by atoms with Gasteiger partial charge in [-0.1, -0.05) is 12.5 Å². The molecule has 1 saturated heterocycles. The number of likely N-dealkylation sites (tertiary alicyclic amines) is 1. The molecular weight excluding hydrogens is 388 g/mol. The van der Waals surface area contributed by atoms with E-state index in [-0.39, 0.29) is 23.9 Å². The van der Waals surface area contributed by atoms with Crippen LogP contribution in [0.25, 0.3) is 0 Å². The monoisotopic (exact) mass is 430 g/mol. The van der Waals surface area contributed by atoms with E-state index in [1.807, 2.05) is 33.8 Å². The first-order valence-electron chi connectivity index (χ1n) is 12.0. The van der Waals surface area contributed by atoms with Crippen LogP contribution in [0.15, 0.2) is 18.2 Å². The standard InChI is InChI=1S/C25H42N4O2/c1-17(2)27-24(30)19-9-11-20(12-10-19)28-22-15-18(8-13-21(22)26)16-29-14-6-5-7-23(29)25(3,4)31/h8,13,15,17,19-20,23,28,31H,5-7,9-12,14,16,26H2,1-4H3,(H,27,30). The van der Waals surface area contributed by atoms with E-state index in [0.29, 0.717) is 6.04 Å². The predicted octanol–water partition coefficient (Wildman–Crippen LogP) is 3.89. The summed E-state index contributed by atoms with van der Waals surface area (Å²) < 4.78 is 0. The molecule has 5 N–H and O–H groups in total. The normalized spacial score (nSPS) is 25.4. The Kier molecular flexibility index (Phi) is 7.87. The second-order valence-corrected chi connectivity index (χ2v) is 10.4. The zero-order chi connectivity index (χ0) is 22.6. The maximum absolute atomic E-state index is 12.3. The van der Waals surface area contributed by atoms with E-state index in [9.17, 15) is 9.90 Å². The highest BCUT2D eigenvalue weighted by atomic mass is 16.3. The highest BCUT2D eigenvalue weighted by Crippen LogP contribution is 2.31. The van der Waals surface area contributed by atoms with E-state index in [1.165, 1.54) is 18.4 Å². The number of rotatable bonds is 7. The molecule has 0 aromatic heterocycles. The third-order valence-electron chi connectivity index (χ3n) is 6.82. The maximum Gasteiger partial charge on any atom is 0.223 e. The van der Waals surface area contributed by atoms with Crippen molar-refractivity contribution in [2.45, 2.75) is 103 Å². The van der Waals surface area contributed by atoms with Crippen molar-refractivity contribution in [2.75, 3.05) is 17.6 Å². The first kappa shape index (κ1) is 23.9. The van der Waals surface area contributed by atoms with Gasteiger partial charge in [-0.05, 0) is 90.5 Å². The predicted molar refractivity (Wildman–Crippen MR) is 128 cm³/mol. The average molecular weight is 431 g/mol. The lowest BCUT2D eigenvalue weighted by Gasteiger charge is -2.42. The van der Waals surface area contributed by atoms with Gasteiger partial charge in [-0.2, -0.15) is 0 Å². The van der Waals surface area contributed by atoms with Crippen molar-refractivity contribution in [1.82, 2.24) is 10.2 Å². The number of piperidine rings is 1. The molecule has 1 saturated carbocycles. The number of benzene rings is 1. The van der Waals surface area contributed by atoms with Gasteiger partial charge in [0.2, 0.25) is 5.91 Å². The van der Waals surface area contributed by atoms with Gasteiger partial charge in [-0.3, -0.25) is 9.69 Å². The van der Waals surface area contributed by atoms with Gasteiger partial charge in [-0.15, -0.1) is 0 Å². The summed E-state index contributed by atoms with van der Waals surface area (Å²) in [6, 6.07) is 6.98. The van der Waals surface area contributed by atoms with Gasteiger partial charge in [0.15, 0.2) is 0 Å². The molecule has 6 nitrogen and oxygen atoms in total. The highest BCUT2D eigenvalue weighted by molar-refractivity contribution is 5.79. The number of nitrogen functional groups attached to an aromatic ring is 1. The van der Waals surface area contributed by atoms with Gasteiger partial charge < -0.3 is 21.5 Å². The summed E-state index contributed by atoms with van der Waals surface area (Å²) in [6.45, 7) is 9.70. The Bertz CT molecular complexity index is 736. The number of nitrogens with two attached hydrogens (primary N) is 1. The Morgan fingerprint density at radius 2 is 1.90 bits per heavy atom. The Morgan fingerprint density at radius 3 is 2.55 bits per heavy atom. The molecule has 0 bridgehead atoms. The van der Waals surface area contributed by atoms with Crippen LogP contribution in [0.5, 0.6) is 0 Å². The first-order chi connectivity index (χ1) is 14.6. The van der Waals surface area contributed by atoms with Crippen molar-refractivity contribution < 1.29 is 9.90 Å². The van der Waals surface area contributed by atoms with Gasteiger partial charge in [0, 0.05) is 30.6 Å². The zero-order valence-electron chi connectivity index (χ0n) is 19.8. The van der Waals surface area contributed by atoms with Crippen LogP contribution in [0.3, 0.4) is 0 Å². The fraction of sp³-hybridized carbons (Fsp3) is 0.720. The van der Waals surface area contributed by atoms with Crippen molar-refractivity contribution in [2.24, 2.45) is 5.92 Å². The number of aliphatic hydroxyl groups is 1. The topological polar surface area (TPSA) is 90.6 Å². The van der Waals surface area contributed by atoms with Crippen LogP contribution in [0.2, 0.25) is 0 Å². The summed E-state index contributed by atoms with van der Waals surface area (Å²) >= 11 is 0. The van der Waals surface area contributed by atoms with Gasteiger partial charge >= 0.3 is 0 Å². The SMILES string of the molecule is CC(C)NC(=O)C1CCC(Nc2cc(CN3CCCCC3C(C)(C)O)ccc2N)CC1. The molecule has 2 aliphatic rings. The van der Waals surface area contributed by atoms with Crippen molar-refractivity contribution in [3.8, 4) is 0 Å². The smallest absolute Gasteiger partial charge is 0.223 e. The molecule has 1 aliphatic heterocycles. The molecule has 6 heteroatoms. The van der Waals surface area contributed by atoms with Gasteiger partial charge in [-0.25, -0.2) is 0 Å². The minimum Gasteiger partial charge on any atom is -0.397 e. The van der Waals surface area contributed by atoms with Crippen LogP contribution in [-0.2, 0) is 11.3 Å². The third-order valence-corrected chi connectivity index (χ3v) is 6.82. The van der Waals surface area contributed by atoms with Crippen LogP contribution in [-0.4, -0.2) is 46.2 Å². The number of nitrogens with one attached hydrogen (secondary N) is 2. The molecule has 1 aliphatic carbocycles. The molecule has 3 rings (SSSR count). The number of carbonyl (C=O) groups excluding carboxylic acids is 1. The van der Waals surface area contributed by atoms with Crippen molar-refractivity contribution in [3.63, 3.8) is 0 Å². The van der Waals surface area contributed by atoms with E-state index < -0.39 is 5.60 Å². The van der Waals surface area contributed by atoms with E-state index in [1.54, 1.807) is 0 Å². The van der Waals surface area contributed by atoms with Crippen molar-refractivity contribution in [3.05, 3.63) is 23.8 Å². The lowest BCUT2D eigenvalue weighted by Crippen LogP contribution is -2.51. The van der Waals surface area contributed by atoms with Crippen LogP contribution >= 0.6 is 0 Å². The number of hydrogen-bond donors (Lipinski definition) is 4. The highest BCUT2D eigenvalue weighted by Gasteiger charge is 2.34. The molecule has 1 unspecified atom stereocenters. The number of nitrogens with zero attached hydrogens (tertiary/aromatic N) is 1. The Morgan fingerprint density at radius 1 is 1.19 bits per heavy atom. The van der Waals surface area contributed by atoms with Crippen LogP contribution < -0.4 is 16.4 Å². The molecule has 1 heterocycles. The summed E-state index contributed by atoms with van der Waals surface area (Å²) in [6.07, 6.45) is 7.18. The van der Waals surface area contributed by atoms with Gasteiger partial charge in [0.25, 0.3) is 0 Å². The number of hydrogen-bond acceptors (Lipinski definition) is 5. The number of amides is 1. The summed E-state index contributed by atoms with van der Waals surface area (Å²) in [5.41, 5.74) is 8.56. The van der Waals surface area contributed by atoms with Crippen LogP contribution in [0.1, 0.15) is 78.2 Å². The fourth-order valence-corrected chi connectivity index (χ4v) is 5.16. The lowest BCUT2D eigenvalue weighted by atomic mass is 9.85. The molecule has 1 aromatic rings. The zero-order valence-corrected chi connectivity index (χ0v) is 19.8. The third kappa shape index (κ3) is 6.59. The second kappa shape index (κ2) is 10.2. The molecule has 1 amide bonds. The Balaban J connectivity index is 1.60. The van der Waals surface area contributed by atoms with E-state index in [2.05, 4.69) is 27.7 Å². The minimum absolute atomic E-state index is 0.127. The molecule has 0 spiro atoms. The lowest BCUT2D eigenvalue weighted by molar-refractivity contribution is -0.126. The summed E-state index contributed by atoms with van der Waals surface area (Å²) in [7, 11) is 0. The van der Waals surface area contributed by atoms with E-state index in [0.717, 1.165) is 56.6 Å². The summed E-state index contributed by atoms with van der Waals surface area (Å²) in [5.74, 6) is 0.319. The Hall–Kier alpha value is -1.79. The van der Waals surface area contributed by atoms with Crippen molar-refractivity contribution >= 4 is 17.3 Å². The van der Waals surface area contributed by atoms with E-state index in [4.69, 9.17) is 5.73 Å². The second-order valence-electron chi connectivity index (χ2n) is 10.4. The van der Waals surface area contributed by atoms with E-state index >= 15 is 0 Å². The first-order valence-corrected chi connectivity index (χ1v) is 12.0. The van der Waals surface area contributed by atoms with Gasteiger partial charge in [0.05, 0.1) is 17.0 Å². The summed E-state index contributed by atoms with van der Waals surface area (Å²) in [4.78, 5) is 14.7. The largest absolute Gasteiger partial charge is 0.397 e. The molecule has 1 aromatic carbocycles. The Labute approximate surface area is 188 Å². The summed E-state index contributed by atoms with van der Waals surface area (Å²) in [5, 5.41) is 17.3. The molecule has 1 atom stereocenters. The van der Waals surface area contributed by atoms with Crippen molar-refractivity contribution in [1.29, 1.82) is 0 Å². The minimum atomic E-state index is -0.699. The number of carbonyl (C=O) groups is 1. The fourth-order valence-electron chi connectivity index (χ4n) is 5.16. The number of anilines is 2.